The lowest BCUT2D eigenvalue weighted by Gasteiger charge is -2.21. The van der Waals surface area contributed by atoms with Crippen LogP contribution in [-0.2, 0) is 4.79 Å². The second kappa shape index (κ2) is 6.20. The van der Waals surface area contributed by atoms with E-state index in [2.05, 4.69) is 5.32 Å². The fourth-order valence-electron chi connectivity index (χ4n) is 2.25. The lowest BCUT2D eigenvalue weighted by atomic mass is 10.1. The predicted octanol–water partition coefficient (Wildman–Crippen LogP) is 1.30. The van der Waals surface area contributed by atoms with E-state index in [-0.39, 0.29) is 11.8 Å². The Labute approximate surface area is 118 Å². The predicted molar refractivity (Wildman–Crippen MR) is 73.9 cm³/mol. The Morgan fingerprint density at radius 1 is 1.25 bits per heavy atom. The maximum Gasteiger partial charge on any atom is 0.251 e. The molecule has 104 valence electrons. The molecule has 2 rings (SSSR count). The summed E-state index contributed by atoms with van der Waals surface area (Å²) in [5.41, 5.74) is 0.952. The van der Waals surface area contributed by atoms with Crippen LogP contribution < -0.4 is 5.32 Å². The zero-order valence-corrected chi connectivity index (χ0v) is 11.4. The van der Waals surface area contributed by atoms with Gasteiger partial charge in [0.25, 0.3) is 5.91 Å². The Morgan fingerprint density at radius 2 is 1.85 bits per heavy atom. The maximum atomic E-state index is 12.1. The molecular weight excluding hydrogens is 254 g/mol. The lowest BCUT2D eigenvalue weighted by molar-refractivity contribution is -0.131. The Kier molecular flexibility index (Phi) is 4.36. The topological polar surface area (TPSA) is 73.2 Å². The van der Waals surface area contributed by atoms with Crippen LogP contribution in [0.2, 0.25) is 0 Å². The van der Waals surface area contributed by atoms with E-state index in [9.17, 15) is 9.59 Å². The molecule has 1 aliphatic rings. The first kappa shape index (κ1) is 14.1. The van der Waals surface area contributed by atoms with Crippen LogP contribution in [0.3, 0.4) is 0 Å². The number of hydrogen-bond donors (Lipinski definition) is 1. The molecule has 1 atom stereocenters. The molecule has 0 aliphatic carbocycles. The van der Waals surface area contributed by atoms with Gasteiger partial charge in [-0.15, -0.1) is 0 Å². The van der Waals surface area contributed by atoms with Gasteiger partial charge in [0.2, 0.25) is 5.91 Å². The molecule has 1 aromatic rings. The average Bonchev–Trinajstić information content (AvgIpc) is 3.00. The number of nitriles is 1. The molecule has 1 aliphatic heterocycles. The minimum atomic E-state index is -0.531. The molecule has 0 radical (unpaired) electrons. The first-order valence-electron chi connectivity index (χ1n) is 6.71. The molecule has 1 fully saturated rings. The average molecular weight is 271 g/mol. The SMILES string of the molecule is CC(NC(=O)c1ccc(C#N)cc1)C(=O)N1CCCC1. The molecule has 0 saturated carbocycles. The van der Waals surface area contributed by atoms with Crippen molar-refractivity contribution >= 4 is 11.8 Å². The van der Waals surface area contributed by atoms with Gasteiger partial charge < -0.3 is 10.2 Å². The van der Waals surface area contributed by atoms with Gasteiger partial charge in [0.1, 0.15) is 6.04 Å². The number of rotatable bonds is 3. The van der Waals surface area contributed by atoms with E-state index in [0.29, 0.717) is 11.1 Å². The molecule has 2 amide bonds. The van der Waals surface area contributed by atoms with Crippen LogP contribution >= 0.6 is 0 Å². The van der Waals surface area contributed by atoms with Crippen LogP contribution in [0.15, 0.2) is 24.3 Å². The van der Waals surface area contributed by atoms with Crippen molar-refractivity contribution in [2.45, 2.75) is 25.8 Å². The van der Waals surface area contributed by atoms with Crippen molar-refractivity contribution in [3.05, 3.63) is 35.4 Å². The summed E-state index contributed by atoms with van der Waals surface area (Å²) in [6.45, 7) is 3.24. The van der Waals surface area contributed by atoms with Gasteiger partial charge in [0.15, 0.2) is 0 Å². The quantitative estimate of drug-likeness (QED) is 0.900. The van der Waals surface area contributed by atoms with Gasteiger partial charge in [-0.25, -0.2) is 0 Å². The number of hydrogen-bond acceptors (Lipinski definition) is 3. The minimum Gasteiger partial charge on any atom is -0.341 e. The summed E-state index contributed by atoms with van der Waals surface area (Å²) in [4.78, 5) is 25.9. The van der Waals surface area contributed by atoms with Crippen molar-refractivity contribution in [3.8, 4) is 6.07 Å². The Balaban J connectivity index is 1.96. The molecule has 1 heterocycles. The van der Waals surface area contributed by atoms with Gasteiger partial charge >= 0.3 is 0 Å². The highest BCUT2D eigenvalue weighted by atomic mass is 16.2. The second-order valence-corrected chi connectivity index (χ2v) is 4.92. The number of carbonyl (C=O) groups is 2. The molecule has 1 saturated heterocycles. The number of nitrogens with one attached hydrogen (secondary N) is 1. The van der Waals surface area contributed by atoms with Crippen LogP contribution in [0.4, 0.5) is 0 Å². The van der Waals surface area contributed by atoms with Gasteiger partial charge in [-0.1, -0.05) is 0 Å². The first-order valence-corrected chi connectivity index (χ1v) is 6.71. The zero-order valence-electron chi connectivity index (χ0n) is 11.4. The zero-order chi connectivity index (χ0) is 14.5. The number of nitrogens with zero attached hydrogens (tertiary/aromatic N) is 2. The first-order chi connectivity index (χ1) is 9.61. The highest BCUT2D eigenvalue weighted by Crippen LogP contribution is 2.09. The highest BCUT2D eigenvalue weighted by Gasteiger charge is 2.24. The summed E-state index contributed by atoms with van der Waals surface area (Å²) < 4.78 is 0. The Morgan fingerprint density at radius 3 is 2.40 bits per heavy atom. The Bertz CT molecular complexity index is 539. The monoisotopic (exact) mass is 271 g/mol. The van der Waals surface area contributed by atoms with Gasteiger partial charge in [-0.3, -0.25) is 9.59 Å². The van der Waals surface area contributed by atoms with Crippen LogP contribution in [0, 0.1) is 11.3 Å². The normalized spacial score (nSPS) is 15.5. The maximum absolute atomic E-state index is 12.1. The van der Waals surface area contributed by atoms with Crippen LogP contribution in [0.5, 0.6) is 0 Å². The molecular formula is C15H17N3O2. The van der Waals surface area contributed by atoms with Crippen LogP contribution in [0.1, 0.15) is 35.7 Å². The van der Waals surface area contributed by atoms with Gasteiger partial charge in [0, 0.05) is 18.7 Å². The van der Waals surface area contributed by atoms with E-state index in [1.165, 1.54) is 0 Å². The van der Waals surface area contributed by atoms with Gasteiger partial charge in [-0.2, -0.15) is 5.26 Å². The molecule has 0 aromatic heterocycles. The van der Waals surface area contributed by atoms with E-state index >= 15 is 0 Å². The van der Waals surface area contributed by atoms with E-state index < -0.39 is 6.04 Å². The van der Waals surface area contributed by atoms with Crippen molar-refractivity contribution in [2.75, 3.05) is 13.1 Å². The van der Waals surface area contributed by atoms with E-state index in [1.807, 2.05) is 6.07 Å². The summed E-state index contributed by atoms with van der Waals surface area (Å²) in [6, 6.07) is 7.80. The largest absolute Gasteiger partial charge is 0.341 e. The molecule has 5 heteroatoms. The van der Waals surface area contributed by atoms with Gasteiger partial charge in [-0.05, 0) is 44.0 Å². The molecule has 1 N–H and O–H groups in total. The molecule has 0 spiro atoms. The summed E-state index contributed by atoms with van der Waals surface area (Å²) in [7, 11) is 0. The van der Waals surface area contributed by atoms with Crippen molar-refractivity contribution in [1.82, 2.24) is 10.2 Å². The third-order valence-corrected chi connectivity index (χ3v) is 3.41. The summed E-state index contributed by atoms with van der Waals surface area (Å²) in [5.74, 6) is -0.334. The summed E-state index contributed by atoms with van der Waals surface area (Å²) in [5, 5.41) is 11.4. The van der Waals surface area contributed by atoms with Gasteiger partial charge in [0.05, 0.1) is 11.6 Å². The molecule has 0 bridgehead atoms. The Hall–Kier alpha value is -2.35. The molecule has 1 unspecified atom stereocenters. The molecule has 1 aromatic carbocycles. The van der Waals surface area contributed by atoms with E-state index in [1.54, 1.807) is 36.1 Å². The standard InChI is InChI=1S/C15H17N3O2/c1-11(15(20)18-8-2-3-9-18)17-14(19)13-6-4-12(10-16)5-7-13/h4-7,11H,2-3,8-9H2,1H3,(H,17,19). The summed E-state index contributed by atoms with van der Waals surface area (Å²) >= 11 is 0. The molecule has 5 nitrogen and oxygen atoms in total. The van der Waals surface area contributed by atoms with E-state index in [4.69, 9.17) is 5.26 Å². The number of carbonyl (C=O) groups excluding carboxylic acids is 2. The summed E-state index contributed by atoms with van der Waals surface area (Å²) in [6.07, 6.45) is 2.06. The van der Waals surface area contributed by atoms with Crippen LogP contribution in [-0.4, -0.2) is 35.8 Å². The third-order valence-electron chi connectivity index (χ3n) is 3.41. The lowest BCUT2D eigenvalue weighted by Crippen LogP contribution is -2.45. The molecule has 20 heavy (non-hydrogen) atoms. The number of likely N-dealkylation sites (tertiary alicyclic amines) is 1. The van der Waals surface area contributed by atoms with Crippen molar-refractivity contribution < 1.29 is 9.59 Å². The smallest absolute Gasteiger partial charge is 0.251 e. The number of amides is 2. The van der Waals surface area contributed by atoms with E-state index in [0.717, 1.165) is 25.9 Å². The fourth-order valence-corrected chi connectivity index (χ4v) is 2.25. The minimum absolute atomic E-state index is 0.0375. The van der Waals surface area contributed by atoms with Crippen LogP contribution in [0.25, 0.3) is 0 Å². The van der Waals surface area contributed by atoms with Crippen molar-refractivity contribution in [1.29, 1.82) is 5.26 Å². The van der Waals surface area contributed by atoms with Crippen molar-refractivity contribution in [3.63, 3.8) is 0 Å². The fraction of sp³-hybridized carbons (Fsp3) is 0.400. The second-order valence-electron chi connectivity index (χ2n) is 4.92. The van der Waals surface area contributed by atoms with Crippen molar-refractivity contribution in [2.24, 2.45) is 0 Å². The third kappa shape index (κ3) is 3.15. The number of benzene rings is 1. The highest BCUT2D eigenvalue weighted by molar-refractivity contribution is 5.97.